The molecule has 1 N–H and O–H groups in total. The second kappa shape index (κ2) is 8.82. The van der Waals surface area contributed by atoms with Crippen molar-refractivity contribution in [3.63, 3.8) is 0 Å². The van der Waals surface area contributed by atoms with Gasteiger partial charge >= 0.3 is 5.97 Å². The number of benzene rings is 1. The van der Waals surface area contributed by atoms with Crippen molar-refractivity contribution < 1.29 is 14.3 Å². The SMILES string of the molecule is COC(=O)CCCOc1ccc(Cl)cc1CNC(C)C. The summed E-state index contributed by atoms with van der Waals surface area (Å²) in [6.45, 7) is 5.35. The molecule has 20 heavy (non-hydrogen) atoms. The Bertz CT molecular complexity index is 435. The molecule has 1 aromatic rings. The van der Waals surface area contributed by atoms with Gasteiger partial charge in [-0.15, -0.1) is 0 Å². The van der Waals surface area contributed by atoms with Gasteiger partial charge in [0, 0.05) is 29.6 Å². The van der Waals surface area contributed by atoms with E-state index in [0.717, 1.165) is 11.3 Å². The molecule has 0 unspecified atom stereocenters. The highest BCUT2D eigenvalue weighted by molar-refractivity contribution is 6.30. The van der Waals surface area contributed by atoms with E-state index in [0.29, 0.717) is 37.1 Å². The second-order valence-corrected chi connectivity index (χ2v) is 5.25. The molecule has 1 rings (SSSR count). The molecule has 4 nitrogen and oxygen atoms in total. The Morgan fingerprint density at radius 3 is 2.80 bits per heavy atom. The number of halogens is 1. The van der Waals surface area contributed by atoms with Crippen molar-refractivity contribution >= 4 is 17.6 Å². The minimum atomic E-state index is -0.216. The summed E-state index contributed by atoms with van der Waals surface area (Å²) in [6, 6.07) is 5.95. The predicted molar refractivity (Wildman–Crippen MR) is 80.2 cm³/mol. The van der Waals surface area contributed by atoms with E-state index in [1.807, 2.05) is 12.1 Å². The first-order valence-electron chi connectivity index (χ1n) is 6.74. The molecule has 112 valence electrons. The van der Waals surface area contributed by atoms with Crippen LogP contribution in [0.3, 0.4) is 0 Å². The third kappa shape index (κ3) is 6.26. The third-order valence-electron chi connectivity index (χ3n) is 2.73. The number of hydrogen-bond acceptors (Lipinski definition) is 4. The van der Waals surface area contributed by atoms with Crippen LogP contribution < -0.4 is 10.1 Å². The zero-order chi connectivity index (χ0) is 15.0. The minimum absolute atomic E-state index is 0.216. The van der Waals surface area contributed by atoms with Crippen LogP contribution in [0, 0.1) is 0 Å². The van der Waals surface area contributed by atoms with Crippen LogP contribution in [-0.2, 0) is 16.1 Å². The first-order chi connectivity index (χ1) is 9.52. The minimum Gasteiger partial charge on any atom is -0.493 e. The number of hydrogen-bond donors (Lipinski definition) is 1. The zero-order valence-electron chi connectivity index (χ0n) is 12.2. The summed E-state index contributed by atoms with van der Waals surface area (Å²) in [6.07, 6.45) is 0.996. The maximum Gasteiger partial charge on any atom is 0.305 e. The summed E-state index contributed by atoms with van der Waals surface area (Å²) in [4.78, 5) is 11.0. The molecule has 1 aromatic carbocycles. The molecular weight excluding hydrogens is 278 g/mol. The monoisotopic (exact) mass is 299 g/mol. The molecule has 5 heteroatoms. The van der Waals surface area contributed by atoms with Crippen molar-refractivity contribution in [2.24, 2.45) is 0 Å². The van der Waals surface area contributed by atoms with E-state index in [4.69, 9.17) is 16.3 Å². The summed E-state index contributed by atoms with van der Waals surface area (Å²) in [5.41, 5.74) is 1.02. The van der Waals surface area contributed by atoms with E-state index in [2.05, 4.69) is 23.9 Å². The average molecular weight is 300 g/mol. The summed E-state index contributed by atoms with van der Waals surface area (Å²) in [7, 11) is 1.39. The molecule has 0 spiro atoms. The van der Waals surface area contributed by atoms with Crippen molar-refractivity contribution in [2.45, 2.75) is 39.3 Å². The largest absolute Gasteiger partial charge is 0.493 e. The van der Waals surface area contributed by atoms with Crippen LogP contribution in [0.25, 0.3) is 0 Å². The summed E-state index contributed by atoms with van der Waals surface area (Å²) >= 11 is 6.01. The maximum atomic E-state index is 11.0. The second-order valence-electron chi connectivity index (χ2n) is 4.82. The lowest BCUT2D eigenvalue weighted by atomic mass is 10.2. The van der Waals surface area contributed by atoms with Gasteiger partial charge in [0.15, 0.2) is 0 Å². The topological polar surface area (TPSA) is 47.6 Å². The molecule has 0 aromatic heterocycles. The Hall–Kier alpha value is -1.26. The smallest absolute Gasteiger partial charge is 0.305 e. The van der Waals surface area contributed by atoms with Crippen LogP contribution in [-0.4, -0.2) is 25.7 Å². The average Bonchev–Trinajstić information content (AvgIpc) is 2.42. The highest BCUT2D eigenvalue weighted by Crippen LogP contribution is 2.23. The summed E-state index contributed by atoms with van der Waals surface area (Å²) in [5.74, 6) is 0.582. The molecule has 0 aliphatic heterocycles. The fourth-order valence-electron chi connectivity index (χ4n) is 1.64. The van der Waals surface area contributed by atoms with Crippen molar-refractivity contribution in [3.8, 4) is 5.75 Å². The first kappa shape index (κ1) is 16.8. The van der Waals surface area contributed by atoms with E-state index >= 15 is 0 Å². The van der Waals surface area contributed by atoms with Gasteiger partial charge in [0.25, 0.3) is 0 Å². The van der Waals surface area contributed by atoms with Crippen LogP contribution in [0.2, 0.25) is 5.02 Å². The molecule has 0 radical (unpaired) electrons. The predicted octanol–water partition coefficient (Wildman–Crippen LogP) is 3.17. The maximum absolute atomic E-state index is 11.0. The standard InChI is InChI=1S/C15H22ClNO3/c1-11(2)17-10-12-9-13(16)6-7-14(12)20-8-4-5-15(18)19-3/h6-7,9,11,17H,4-5,8,10H2,1-3H3. The van der Waals surface area contributed by atoms with Gasteiger partial charge < -0.3 is 14.8 Å². The Morgan fingerprint density at radius 2 is 2.15 bits per heavy atom. The van der Waals surface area contributed by atoms with E-state index in [9.17, 15) is 4.79 Å². The van der Waals surface area contributed by atoms with Crippen LogP contribution >= 0.6 is 11.6 Å². The van der Waals surface area contributed by atoms with Crippen molar-refractivity contribution in [2.75, 3.05) is 13.7 Å². The highest BCUT2D eigenvalue weighted by Gasteiger charge is 2.06. The molecule has 0 fully saturated rings. The molecular formula is C15H22ClNO3. The van der Waals surface area contributed by atoms with Crippen molar-refractivity contribution in [1.29, 1.82) is 0 Å². The highest BCUT2D eigenvalue weighted by atomic mass is 35.5. The van der Waals surface area contributed by atoms with E-state index in [-0.39, 0.29) is 5.97 Å². The number of rotatable bonds is 8. The number of ether oxygens (including phenoxy) is 2. The van der Waals surface area contributed by atoms with Crippen LogP contribution in [0.15, 0.2) is 18.2 Å². The molecule has 0 saturated carbocycles. The lowest BCUT2D eigenvalue weighted by molar-refractivity contribution is -0.140. The number of esters is 1. The number of methoxy groups -OCH3 is 1. The molecule has 0 heterocycles. The molecule has 0 bridgehead atoms. The Kier molecular flexibility index (Phi) is 7.41. The van der Waals surface area contributed by atoms with Gasteiger partial charge in [0.1, 0.15) is 5.75 Å². The van der Waals surface area contributed by atoms with Gasteiger partial charge in [-0.25, -0.2) is 0 Å². The Morgan fingerprint density at radius 1 is 1.40 bits per heavy atom. The third-order valence-corrected chi connectivity index (χ3v) is 2.97. The van der Waals surface area contributed by atoms with Gasteiger partial charge in [-0.1, -0.05) is 25.4 Å². The van der Waals surface area contributed by atoms with Gasteiger partial charge in [-0.3, -0.25) is 4.79 Å². The van der Waals surface area contributed by atoms with Crippen molar-refractivity contribution in [1.82, 2.24) is 5.32 Å². The molecule has 0 aliphatic rings. The van der Waals surface area contributed by atoms with Gasteiger partial charge in [-0.05, 0) is 24.6 Å². The van der Waals surface area contributed by atoms with E-state index in [1.165, 1.54) is 7.11 Å². The molecule has 0 saturated heterocycles. The van der Waals surface area contributed by atoms with Crippen LogP contribution in [0.1, 0.15) is 32.3 Å². The fourth-order valence-corrected chi connectivity index (χ4v) is 1.84. The lowest BCUT2D eigenvalue weighted by Gasteiger charge is -2.14. The summed E-state index contributed by atoms with van der Waals surface area (Å²) in [5, 5.41) is 4.02. The molecule has 0 amide bonds. The van der Waals surface area contributed by atoms with E-state index in [1.54, 1.807) is 6.07 Å². The van der Waals surface area contributed by atoms with Crippen LogP contribution in [0.4, 0.5) is 0 Å². The quantitative estimate of drug-likeness (QED) is 0.592. The first-order valence-corrected chi connectivity index (χ1v) is 7.12. The van der Waals surface area contributed by atoms with Crippen LogP contribution in [0.5, 0.6) is 5.75 Å². The molecule has 0 atom stereocenters. The fraction of sp³-hybridized carbons (Fsp3) is 0.533. The number of carbonyl (C=O) groups is 1. The lowest BCUT2D eigenvalue weighted by Crippen LogP contribution is -2.22. The molecule has 0 aliphatic carbocycles. The zero-order valence-corrected chi connectivity index (χ0v) is 13.0. The van der Waals surface area contributed by atoms with Gasteiger partial charge in [0.2, 0.25) is 0 Å². The van der Waals surface area contributed by atoms with Crippen molar-refractivity contribution in [3.05, 3.63) is 28.8 Å². The Labute approximate surface area is 125 Å². The summed E-state index contributed by atoms with van der Waals surface area (Å²) < 4.78 is 10.3. The normalized spacial score (nSPS) is 10.7. The van der Waals surface area contributed by atoms with Gasteiger partial charge in [0.05, 0.1) is 13.7 Å². The Balaban J connectivity index is 2.53. The van der Waals surface area contributed by atoms with Gasteiger partial charge in [-0.2, -0.15) is 0 Å². The number of carbonyl (C=O) groups excluding carboxylic acids is 1. The number of nitrogens with one attached hydrogen (secondary N) is 1. The van der Waals surface area contributed by atoms with E-state index < -0.39 is 0 Å².